The van der Waals surface area contributed by atoms with Gasteiger partial charge in [0.25, 0.3) is 0 Å². The molecule has 5 heteroatoms. The lowest BCUT2D eigenvalue weighted by Gasteiger charge is -2.07. The molecule has 1 heterocycles. The van der Waals surface area contributed by atoms with Gasteiger partial charge in [0.2, 0.25) is 0 Å². The maximum Gasteiger partial charge on any atom is 0.168 e. The Bertz CT molecular complexity index is 532. The van der Waals surface area contributed by atoms with Gasteiger partial charge in [-0.1, -0.05) is 12.1 Å². The third-order valence-electron chi connectivity index (χ3n) is 2.15. The van der Waals surface area contributed by atoms with Gasteiger partial charge in [-0.15, -0.1) is 11.6 Å². The second-order valence-electron chi connectivity index (χ2n) is 3.44. The van der Waals surface area contributed by atoms with Crippen molar-refractivity contribution in [2.45, 2.75) is 5.88 Å². The molecule has 0 radical (unpaired) electrons. The first-order chi connectivity index (χ1) is 8.19. The van der Waals surface area contributed by atoms with Gasteiger partial charge in [0, 0.05) is 17.6 Å². The van der Waals surface area contributed by atoms with Crippen LogP contribution in [0.4, 0.5) is 20.3 Å². The normalized spacial score (nSPS) is 10.3. The van der Waals surface area contributed by atoms with Gasteiger partial charge >= 0.3 is 0 Å². The number of rotatable bonds is 3. The molecule has 0 aliphatic heterocycles. The van der Waals surface area contributed by atoms with Crippen LogP contribution in [0.25, 0.3) is 0 Å². The molecule has 0 amide bonds. The molecule has 0 atom stereocenters. The lowest BCUT2D eigenvalue weighted by atomic mass is 10.2. The van der Waals surface area contributed by atoms with Crippen molar-refractivity contribution in [3.05, 3.63) is 53.7 Å². The predicted molar refractivity (Wildman–Crippen MR) is 63.4 cm³/mol. The van der Waals surface area contributed by atoms with Crippen LogP contribution in [0.2, 0.25) is 0 Å². The van der Waals surface area contributed by atoms with E-state index in [-0.39, 0.29) is 5.82 Å². The molecule has 0 saturated heterocycles. The number of alkyl halides is 1. The van der Waals surface area contributed by atoms with Crippen LogP contribution in [-0.2, 0) is 5.88 Å². The molecular formula is C12H9ClF2N2. The number of benzene rings is 1. The van der Waals surface area contributed by atoms with Gasteiger partial charge < -0.3 is 5.32 Å². The van der Waals surface area contributed by atoms with Gasteiger partial charge in [0.05, 0.1) is 6.20 Å². The van der Waals surface area contributed by atoms with E-state index in [1.807, 2.05) is 6.07 Å². The van der Waals surface area contributed by atoms with Crippen LogP contribution in [0.15, 0.2) is 36.5 Å². The number of nitrogens with zero attached hydrogens (tertiary/aromatic N) is 1. The van der Waals surface area contributed by atoms with Crippen molar-refractivity contribution in [2.75, 3.05) is 5.32 Å². The van der Waals surface area contributed by atoms with E-state index in [1.165, 1.54) is 0 Å². The summed E-state index contributed by atoms with van der Waals surface area (Å²) in [5.74, 6) is -1.09. The predicted octanol–water partition coefficient (Wildman–Crippen LogP) is 3.84. The Morgan fingerprint density at radius 3 is 2.76 bits per heavy atom. The summed E-state index contributed by atoms with van der Waals surface area (Å²) in [6, 6.07) is 7.95. The molecule has 0 bridgehead atoms. The van der Waals surface area contributed by atoms with Crippen LogP contribution in [-0.4, -0.2) is 4.98 Å². The first kappa shape index (κ1) is 11.8. The highest BCUT2D eigenvalue weighted by atomic mass is 35.5. The molecule has 1 aromatic carbocycles. The van der Waals surface area contributed by atoms with Crippen molar-refractivity contribution in [3.8, 4) is 0 Å². The van der Waals surface area contributed by atoms with E-state index in [0.29, 0.717) is 11.6 Å². The van der Waals surface area contributed by atoms with Gasteiger partial charge in [0.1, 0.15) is 5.82 Å². The van der Waals surface area contributed by atoms with Crippen LogP contribution in [0, 0.1) is 11.6 Å². The zero-order valence-corrected chi connectivity index (χ0v) is 9.51. The van der Waals surface area contributed by atoms with Gasteiger partial charge in [-0.25, -0.2) is 13.8 Å². The van der Waals surface area contributed by atoms with Crippen LogP contribution >= 0.6 is 11.6 Å². The minimum absolute atomic E-state index is 0.0156. The topological polar surface area (TPSA) is 24.9 Å². The fraction of sp³-hybridized carbons (Fsp3) is 0.0833. The summed E-state index contributed by atoms with van der Waals surface area (Å²) in [6.45, 7) is 0. The molecule has 17 heavy (non-hydrogen) atoms. The largest absolute Gasteiger partial charge is 0.338 e. The first-order valence-electron chi connectivity index (χ1n) is 4.92. The second-order valence-corrected chi connectivity index (χ2v) is 3.71. The van der Waals surface area contributed by atoms with Crippen molar-refractivity contribution in [2.24, 2.45) is 0 Å². The van der Waals surface area contributed by atoms with E-state index < -0.39 is 11.6 Å². The van der Waals surface area contributed by atoms with Gasteiger partial charge in [0.15, 0.2) is 11.6 Å². The number of aromatic nitrogens is 1. The Morgan fingerprint density at radius 2 is 2.06 bits per heavy atom. The summed E-state index contributed by atoms with van der Waals surface area (Å²) in [5.41, 5.74) is 1.56. The van der Waals surface area contributed by atoms with E-state index in [4.69, 9.17) is 11.6 Å². The van der Waals surface area contributed by atoms with E-state index >= 15 is 0 Å². The van der Waals surface area contributed by atoms with Gasteiger partial charge in [-0.05, 0) is 17.7 Å². The number of anilines is 2. The summed E-state index contributed by atoms with van der Waals surface area (Å²) in [6.07, 6.45) is 0.955. The van der Waals surface area contributed by atoms with Crippen molar-refractivity contribution in [1.29, 1.82) is 0 Å². The molecule has 0 unspecified atom stereocenters. The number of pyridine rings is 1. The lowest BCUT2D eigenvalue weighted by Crippen LogP contribution is -1.98. The highest BCUT2D eigenvalue weighted by Crippen LogP contribution is 2.19. The summed E-state index contributed by atoms with van der Waals surface area (Å²) in [4.78, 5) is 3.63. The monoisotopic (exact) mass is 254 g/mol. The number of nitrogens with one attached hydrogen (secondary N) is 1. The Hall–Kier alpha value is -1.68. The zero-order chi connectivity index (χ0) is 12.3. The second kappa shape index (κ2) is 5.10. The van der Waals surface area contributed by atoms with E-state index in [0.717, 1.165) is 17.8 Å². The molecule has 2 aromatic rings. The fourth-order valence-corrected chi connectivity index (χ4v) is 1.54. The number of halogens is 3. The Balaban J connectivity index is 2.25. The highest BCUT2D eigenvalue weighted by Gasteiger charge is 2.05. The fourth-order valence-electron chi connectivity index (χ4n) is 1.38. The van der Waals surface area contributed by atoms with Crippen LogP contribution in [0.1, 0.15) is 5.56 Å². The zero-order valence-electron chi connectivity index (χ0n) is 8.75. The standard InChI is InChI=1S/C12H9ClF2N2/c13-6-8-2-1-3-10(4-8)17-12-11(15)5-9(14)7-16-12/h1-5,7H,6H2,(H,16,17). The first-order valence-corrected chi connectivity index (χ1v) is 5.45. The Labute approximate surface area is 102 Å². The third kappa shape index (κ3) is 2.91. The molecule has 1 N–H and O–H groups in total. The molecule has 2 nitrogen and oxygen atoms in total. The van der Waals surface area contributed by atoms with Crippen molar-refractivity contribution >= 4 is 23.1 Å². The summed E-state index contributed by atoms with van der Waals surface area (Å²) in [5, 5.41) is 2.76. The van der Waals surface area contributed by atoms with Crippen LogP contribution in [0.5, 0.6) is 0 Å². The molecule has 0 fully saturated rings. The van der Waals surface area contributed by atoms with Crippen molar-refractivity contribution in [1.82, 2.24) is 4.98 Å². The Kier molecular flexibility index (Phi) is 3.54. The highest BCUT2D eigenvalue weighted by molar-refractivity contribution is 6.17. The quantitative estimate of drug-likeness (QED) is 0.842. The van der Waals surface area contributed by atoms with Crippen LogP contribution in [0.3, 0.4) is 0 Å². The SMILES string of the molecule is Fc1cnc(Nc2cccc(CCl)c2)c(F)c1. The van der Waals surface area contributed by atoms with E-state index in [2.05, 4.69) is 10.3 Å². The molecule has 2 rings (SSSR count). The van der Waals surface area contributed by atoms with Crippen molar-refractivity contribution < 1.29 is 8.78 Å². The van der Waals surface area contributed by atoms with Gasteiger partial charge in [-0.3, -0.25) is 0 Å². The minimum atomic E-state index is -0.735. The van der Waals surface area contributed by atoms with Crippen molar-refractivity contribution in [3.63, 3.8) is 0 Å². The minimum Gasteiger partial charge on any atom is -0.338 e. The maximum atomic E-state index is 13.3. The summed E-state index contributed by atoms with van der Waals surface area (Å²) >= 11 is 5.69. The molecule has 1 aromatic heterocycles. The molecular weight excluding hydrogens is 246 g/mol. The lowest BCUT2D eigenvalue weighted by molar-refractivity contribution is 0.576. The molecule has 0 saturated carbocycles. The van der Waals surface area contributed by atoms with Crippen LogP contribution < -0.4 is 5.32 Å². The smallest absolute Gasteiger partial charge is 0.168 e. The van der Waals surface area contributed by atoms with E-state index in [1.54, 1.807) is 18.2 Å². The summed E-state index contributed by atoms with van der Waals surface area (Å²) in [7, 11) is 0. The van der Waals surface area contributed by atoms with E-state index in [9.17, 15) is 8.78 Å². The average Bonchev–Trinajstić information content (AvgIpc) is 2.33. The summed E-state index contributed by atoms with van der Waals surface area (Å²) < 4.78 is 26.0. The molecule has 0 aliphatic rings. The number of hydrogen-bond donors (Lipinski definition) is 1. The molecule has 0 aliphatic carbocycles. The Morgan fingerprint density at radius 1 is 1.24 bits per heavy atom. The molecule has 0 spiro atoms. The van der Waals surface area contributed by atoms with Gasteiger partial charge in [-0.2, -0.15) is 0 Å². The average molecular weight is 255 g/mol. The third-order valence-corrected chi connectivity index (χ3v) is 2.46. The maximum absolute atomic E-state index is 13.3. The number of hydrogen-bond acceptors (Lipinski definition) is 2. The molecule has 88 valence electrons.